The number of rotatable bonds is 7. The van der Waals surface area contributed by atoms with Crippen LogP contribution < -0.4 is 20.1 Å². The highest BCUT2D eigenvalue weighted by Gasteiger charge is 2.26. The Bertz CT molecular complexity index is 439. The van der Waals surface area contributed by atoms with E-state index in [0.29, 0.717) is 25.7 Å². The van der Waals surface area contributed by atoms with Gasteiger partial charge >= 0.3 is 0 Å². The number of hydrogen-bond donors (Lipinski definition) is 3. The topological polar surface area (TPSA) is 62.8 Å². The van der Waals surface area contributed by atoms with E-state index in [1.165, 1.54) is 0 Å². The third-order valence-electron chi connectivity index (χ3n) is 3.53. The summed E-state index contributed by atoms with van der Waals surface area (Å²) in [5, 5.41) is 16.4. The number of hydrogen-bond acceptors (Lipinski definition) is 5. The zero-order chi connectivity index (χ0) is 15.2. The Morgan fingerprint density at radius 3 is 2.52 bits per heavy atom. The molecular formula is C16H26N2O3. The van der Waals surface area contributed by atoms with Crippen molar-refractivity contribution in [1.82, 2.24) is 10.6 Å². The summed E-state index contributed by atoms with van der Waals surface area (Å²) in [7, 11) is 0. The van der Waals surface area contributed by atoms with Gasteiger partial charge in [-0.15, -0.1) is 0 Å². The molecule has 21 heavy (non-hydrogen) atoms. The quantitative estimate of drug-likeness (QED) is 0.704. The van der Waals surface area contributed by atoms with Crippen LogP contribution in [0.1, 0.15) is 20.8 Å². The Kier molecular flexibility index (Phi) is 5.85. The number of para-hydroxylation sites is 2. The molecule has 1 aromatic rings. The first kappa shape index (κ1) is 16.1. The summed E-state index contributed by atoms with van der Waals surface area (Å²) in [5.74, 6) is 1.58. The van der Waals surface area contributed by atoms with Crippen molar-refractivity contribution >= 4 is 0 Å². The molecular weight excluding hydrogens is 268 g/mol. The molecule has 1 aromatic carbocycles. The molecule has 0 radical (unpaired) electrons. The maximum absolute atomic E-state index is 9.91. The van der Waals surface area contributed by atoms with Gasteiger partial charge in [-0.2, -0.15) is 0 Å². The standard InChI is InChI=1S/C16H26N2O3/c1-11(2)17-8-13(19)9-18-12(3)16-10-20-14-6-4-5-7-15(14)21-16/h4-7,11-13,16-19H,8-10H2,1-3H3/t12-,13-,16+/m1/s1. The van der Waals surface area contributed by atoms with Crippen molar-refractivity contribution < 1.29 is 14.6 Å². The molecule has 3 atom stereocenters. The van der Waals surface area contributed by atoms with Gasteiger partial charge in [-0.3, -0.25) is 0 Å². The summed E-state index contributed by atoms with van der Waals surface area (Å²) >= 11 is 0. The summed E-state index contributed by atoms with van der Waals surface area (Å²) in [6.07, 6.45) is -0.461. The lowest BCUT2D eigenvalue weighted by molar-refractivity contribution is 0.0612. The second-order valence-electron chi connectivity index (χ2n) is 5.83. The van der Waals surface area contributed by atoms with E-state index in [1.54, 1.807) is 0 Å². The van der Waals surface area contributed by atoms with Gasteiger partial charge in [0.2, 0.25) is 0 Å². The average molecular weight is 294 g/mol. The van der Waals surface area contributed by atoms with E-state index in [9.17, 15) is 5.11 Å². The molecule has 0 spiro atoms. The number of fused-ring (bicyclic) bond motifs is 1. The predicted octanol–water partition coefficient (Wildman–Crippen LogP) is 1.16. The fourth-order valence-corrected chi connectivity index (χ4v) is 2.18. The zero-order valence-corrected chi connectivity index (χ0v) is 13.0. The highest BCUT2D eigenvalue weighted by atomic mass is 16.6. The molecule has 1 aliphatic heterocycles. The maximum Gasteiger partial charge on any atom is 0.161 e. The van der Waals surface area contributed by atoms with Crippen molar-refractivity contribution in [2.75, 3.05) is 19.7 Å². The molecule has 0 amide bonds. The van der Waals surface area contributed by atoms with Gasteiger partial charge < -0.3 is 25.2 Å². The van der Waals surface area contributed by atoms with Gasteiger partial charge in [0.25, 0.3) is 0 Å². The van der Waals surface area contributed by atoms with Crippen LogP contribution in [0.3, 0.4) is 0 Å². The molecule has 1 heterocycles. The van der Waals surface area contributed by atoms with Gasteiger partial charge in [0.15, 0.2) is 11.5 Å². The van der Waals surface area contributed by atoms with Crippen LogP contribution >= 0.6 is 0 Å². The van der Waals surface area contributed by atoms with Gasteiger partial charge in [-0.05, 0) is 19.1 Å². The Morgan fingerprint density at radius 1 is 1.14 bits per heavy atom. The fraction of sp³-hybridized carbons (Fsp3) is 0.625. The van der Waals surface area contributed by atoms with Gasteiger partial charge in [0.05, 0.1) is 6.10 Å². The fourth-order valence-electron chi connectivity index (χ4n) is 2.18. The highest BCUT2D eigenvalue weighted by molar-refractivity contribution is 5.40. The molecule has 0 bridgehead atoms. The van der Waals surface area contributed by atoms with Crippen molar-refractivity contribution in [2.45, 2.75) is 45.1 Å². The molecule has 5 heteroatoms. The first-order valence-electron chi connectivity index (χ1n) is 7.59. The van der Waals surface area contributed by atoms with Gasteiger partial charge in [-0.25, -0.2) is 0 Å². The van der Waals surface area contributed by atoms with Crippen LogP contribution in [0, 0.1) is 0 Å². The second kappa shape index (κ2) is 7.64. The number of aliphatic hydroxyl groups is 1. The van der Waals surface area contributed by atoms with Crippen LogP contribution in [0.15, 0.2) is 24.3 Å². The van der Waals surface area contributed by atoms with E-state index in [1.807, 2.05) is 31.2 Å². The summed E-state index contributed by atoms with van der Waals surface area (Å²) in [4.78, 5) is 0. The normalized spacial score (nSPS) is 20.3. The Hall–Kier alpha value is -1.30. The Labute approximate surface area is 126 Å². The number of nitrogens with one attached hydrogen (secondary N) is 2. The molecule has 0 saturated carbocycles. The van der Waals surface area contributed by atoms with Crippen LogP contribution in [0.2, 0.25) is 0 Å². The highest BCUT2D eigenvalue weighted by Crippen LogP contribution is 2.31. The Morgan fingerprint density at radius 2 is 1.81 bits per heavy atom. The molecule has 0 unspecified atom stereocenters. The SMILES string of the molecule is CC(C)NC[C@@H](O)CN[C@H](C)[C@@H]1COc2ccccc2O1. The molecule has 0 aliphatic carbocycles. The van der Waals surface area contributed by atoms with Gasteiger partial charge in [-0.1, -0.05) is 26.0 Å². The van der Waals surface area contributed by atoms with Crippen molar-refractivity contribution in [3.63, 3.8) is 0 Å². The van der Waals surface area contributed by atoms with Crippen LogP contribution in [0.5, 0.6) is 11.5 Å². The van der Waals surface area contributed by atoms with E-state index in [0.717, 1.165) is 11.5 Å². The molecule has 5 nitrogen and oxygen atoms in total. The summed E-state index contributed by atoms with van der Waals surface area (Å²) in [5.41, 5.74) is 0. The summed E-state index contributed by atoms with van der Waals surface area (Å²) < 4.78 is 11.6. The molecule has 1 aliphatic rings. The lowest BCUT2D eigenvalue weighted by atomic mass is 10.1. The van der Waals surface area contributed by atoms with Crippen molar-refractivity contribution in [2.24, 2.45) is 0 Å². The molecule has 2 rings (SSSR count). The molecule has 0 saturated heterocycles. The van der Waals surface area contributed by atoms with Crippen molar-refractivity contribution in [3.05, 3.63) is 24.3 Å². The minimum atomic E-state index is -0.411. The van der Waals surface area contributed by atoms with E-state index in [-0.39, 0.29) is 12.1 Å². The van der Waals surface area contributed by atoms with Gasteiger partial charge in [0.1, 0.15) is 12.7 Å². The van der Waals surface area contributed by atoms with E-state index >= 15 is 0 Å². The van der Waals surface area contributed by atoms with E-state index in [2.05, 4.69) is 24.5 Å². The molecule has 3 N–H and O–H groups in total. The lowest BCUT2D eigenvalue weighted by Gasteiger charge is -2.31. The van der Waals surface area contributed by atoms with E-state index in [4.69, 9.17) is 9.47 Å². The van der Waals surface area contributed by atoms with Crippen molar-refractivity contribution in [1.29, 1.82) is 0 Å². The van der Waals surface area contributed by atoms with Crippen molar-refractivity contribution in [3.8, 4) is 11.5 Å². The molecule has 0 fully saturated rings. The van der Waals surface area contributed by atoms with Crippen LogP contribution in [-0.2, 0) is 0 Å². The first-order chi connectivity index (χ1) is 10.1. The second-order valence-corrected chi connectivity index (χ2v) is 5.83. The van der Waals surface area contributed by atoms with Crippen LogP contribution in [0.25, 0.3) is 0 Å². The smallest absolute Gasteiger partial charge is 0.161 e. The number of ether oxygens (including phenoxy) is 2. The average Bonchev–Trinajstić information content (AvgIpc) is 2.50. The van der Waals surface area contributed by atoms with Gasteiger partial charge in [0, 0.05) is 25.2 Å². The maximum atomic E-state index is 9.91. The minimum absolute atomic E-state index is 0.0508. The third-order valence-corrected chi connectivity index (χ3v) is 3.53. The molecule has 118 valence electrons. The predicted molar refractivity (Wildman–Crippen MR) is 83.0 cm³/mol. The largest absolute Gasteiger partial charge is 0.486 e. The minimum Gasteiger partial charge on any atom is -0.486 e. The van der Waals surface area contributed by atoms with Crippen LogP contribution in [-0.4, -0.2) is 49.1 Å². The number of benzene rings is 1. The third kappa shape index (κ3) is 4.88. The first-order valence-corrected chi connectivity index (χ1v) is 7.59. The lowest BCUT2D eigenvalue weighted by Crippen LogP contribution is -2.49. The van der Waals surface area contributed by atoms with Crippen LogP contribution in [0.4, 0.5) is 0 Å². The Balaban J connectivity index is 1.76. The molecule has 0 aromatic heterocycles. The monoisotopic (exact) mass is 294 g/mol. The zero-order valence-electron chi connectivity index (χ0n) is 13.0. The summed E-state index contributed by atoms with van der Waals surface area (Å²) in [6.45, 7) is 7.81. The number of aliphatic hydroxyl groups excluding tert-OH is 1. The summed E-state index contributed by atoms with van der Waals surface area (Å²) in [6, 6.07) is 8.17. The van der Waals surface area contributed by atoms with E-state index < -0.39 is 6.10 Å².